The predicted molar refractivity (Wildman–Crippen MR) is 104 cm³/mol. The highest BCUT2D eigenvalue weighted by Gasteiger charge is 2.08. The van der Waals surface area contributed by atoms with Gasteiger partial charge in [-0.2, -0.15) is 0 Å². The molecule has 0 aliphatic heterocycles. The second-order valence-corrected chi connectivity index (χ2v) is 6.40. The number of esters is 2. The number of benzene rings is 2. The van der Waals surface area contributed by atoms with E-state index in [1.54, 1.807) is 24.3 Å². The number of halogens is 3. The number of alkyl halides is 1. The third-order valence-electron chi connectivity index (χ3n) is 3.09. The summed E-state index contributed by atoms with van der Waals surface area (Å²) in [5.41, 5.74) is 2.37. The van der Waals surface area contributed by atoms with Gasteiger partial charge in [0.25, 0.3) is 0 Å². The van der Waals surface area contributed by atoms with Crippen LogP contribution in [0.15, 0.2) is 36.4 Å². The van der Waals surface area contributed by atoms with Crippen molar-refractivity contribution in [1.82, 2.24) is 0 Å². The molecule has 8 heteroatoms. The molecule has 0 heterocycles. The molecule has 2 aromatic carbocycles. The van der Waals surface area contributed by atoms with Gasteiger partial charge in [0.15, 0.2) is 0 Å². The predicted octanol–water partition coefficient (Wildman–Crippen LogP) is 4.64. The summed E-state index contributed by atoms with van der Waals surface area (Å²) in [6, 6.07) is 9.74. The monoisotopic (exact) mass is 462 g/mol. The maximum Gasteiger partial charge on any atom is 0.337 e. The Hall–Kier alpha value is -1.60. The molecule has 2 rings (SSSR count). The van der Waals surface area contributed by atoms with Crippen molar-refractivity contribution in [3.8, 4) is 0 Å². The summed E-state index contributed by atoms with van der Waals surface area (Å²) in [4.78, 5) is 22.2. The van der Waals surface area contributed by atoms with Crippen LogP contribution in [0.1, 0.15) is 31.8 Å². The van der Waals surface area contributed by atoms with Crippen LogP contribution in [0, 0.1) is 0 Å². The van der Waals surface area contributed by atoms with E-state index in [-0.39, 0.29) is 12.6 Å². The van der Waals surface area contributed by atoms with Crippen LogP contribution in [0.5, 0.6) is 0 Å². The van der Waals surface area contributed by atoms with Crippen LogP contribution in [0.25, 0.3) is 0 Å². The van der Waals surface area contributed by atoms with Gasteiger partial charge in [-0.05, 0) is 47.5 Å². The fraction of sp³-hybridized carbons (Fsp3) is 0.222. The summed E-state index contributed by atoms with van der Waals surface area (Å²) in [6.45, 7) is -0.148. The van der Waals surface area contributed by atoms with Crippen molar-refractivity contribution in [2.75, 3.05) is 14.2 Å². The van der Waals surface area contributed by atoms with Crippen molar-refractivity contribution in [1.29, 1.82) is 0 Å². The Bertz CT molecular complexity index is 715. The molecule has 26 heavy (non-hydrogen) atoms. The van der Waals surface area contributed by atoms with E-state index >= 15 is 0 Å². The molecule has 0 spiro atoms. The van der Waals surface area contributed by atoms with Crippen molar-refractivity contribution in [2.24, 2.45) is 0 Å². The third kappa shape index (κ3) is 6.96. The van der Waals surface area contributed by atoms with Crippen molar-refractivity contribution in [3.05, 3.63) is 68.7 Å². The SMILES string of the molecule is COC(=O)c1cc(Cl)cc(CBr)c1.COC(=O)c1cc(Cl)cc(CO)c1. The molecule has 0 fully saturated rings. The van der Waals surface area contributed by atoms with E-state index in [1.807, 2.05) is 0 Å². The van der Waals surface area contributed by atoms with Gasteiger partial charge in [0.2, 0.25) is 0 Å². The van der Waals surface area contributed by atoms with Gasteiger partial charge in [0, 0.05) is 15.4 Å². The number of hydrogen-bond acceptors (Lipinski definition) is 5. The van der Waals surface area contributed by atoms with E-state index in [2.05, 4.69) is 25.4 Å². The molecule has 0 atom stereocenters. The molecular formula is C18H17BrCl2O5. The Morgan fingerprint density at radius 3 is 1.69 bits per heavy atom. The first-order valence-corrected chi connectivity index (χ1v) is 9.14. The van der Waals surface area contributed by atoms with Gasteiger partial charge in [-0.15, -0.1) is 0 Å². The molecule has 0 saturated heterocycles. The lowest BCUT2D eigenvalue weighted by Crippen LogP contribution is -2.01. The zero-order valence-corrected chi connectivity index (χ0v) is 17.2. The molecule has 0 unspecified atom stereocenters. The number of hydrogen-bond donors (Lipinski definition) is 1. The quantitative estimate of drug-likeness (QED) is 0.528. The molecule has 0 aromatic heterocycles. The number of carbonyl (C=O) groups excluding carboxylic acids is 2. The highest BCUT2D eigenvalue weighted by molar-refractivity contribution is 9.08. The molecule has 0 aliphatic rings. The van der Waals surface area contributed by atoms with Crippen LogP contribution in [0.2, 0.25) is 10.0 Å². The Morgan fingerprint density at radius 2 is 1.31 bits per heavy atom. The molecule has 0 aliphatic carbocycles. The van der Waals surface area contributed by atoms with Gasteiger partial charge in [0.05, 0.1) is 32.0 Å². The smallest absolute Gasteiger partial charge is 0.337 e. The minimum atomic E-state index is -0.461. The van der Waals surface area contributed by atoms with Gasteiger partial charge in [-0.25, -0.2) is 9.59 Å². The lowest BCUT2D eigenvalue weighted by molar-refractivity contribution is 0.0591. The number of aliphatic hydroxyl groups is 1. The fourth-order valence-corrected chi connectivity index (χ4v) is 2.78. The first kappa shape index (κ1) is 22.4. The van der Waals surface area contributed by atoms with E-state index in [0.717, 1.165) is 5.56 Å². The molecule has 0 amide bonds. The molecular weight excluding hydrogens is 447 g/mol. The molecule has 5 nitrogen and oxygen atoms in total. The first-order chi connectivity index (χ1) is 12.3. The number of aliphatic hydroxyl groups excluding tert-OH is 1. The summed E-state index contributed by atoms with van der Waals surface area (Å²) in [5, 5.41) is 10.4. The van der Waals surface area contributed by atoms with Gasteiger partial charge in [-0.1, -0.05) is 39.1 Å². The van der Waals surface area contributed by atoms with E-state index in [0.29, 0.717) is 32.1 Å². The topological polar surface area (TPSA) is 72.8 Å². The first-order valence-electron chi connectivity index (χ1n) is 7.27. The standard InChI is InChI=1S/C9H8BrClO2.C9H9ClO3/c1-13-9(12)7-2-6(5-10)3-8(11)4-7;1-13-9(12)7-2-6(5-11)3-8(10)4-7/h2-4H,5H2,1H3;2-4,11H,5H2,1H3. The average molecular weight is 464 g/mol. The van der Waals surface area contributed by atoms with Gasteiger partial charge in [-0.3, -0.25) is 0 Å². The Labute approximate surface area is 170 Å². The highest BCUT2D eigenvalue weighted by atomic mass is 79.9. The molecule has 140 valence electrons. The third-order valence-corrected chi connectivity index (χ3v) is 4.18. The lowest BCUT2D eigenvalue weighted by atomic mass is 10.1. The van der Waals surface area contributed by atoms with Gasteiger partial charge >= 0.3 is 11.9 Å². The number of ether oxygens (including phenoxy) is 2. The summed E-state index contributed by atoms with van der Waals surface area (Å²) >= 11 is 14.8. The Kier molecular flexibility index (Phi) is 9.65. The summed E-state index contributed by atoms with van der Waals surface area (Å²) in [6.07, 6.45) is 0. The minimum absolute atomic E-state index is 0.148. The molecule has 1 N–H and O–H groups in total. The molecule has 0 saturated carbocycles. The minimum Gasteiger partial charge on any atom is -0.465 e. The summed E-state index contributed by atoms with van der Waals surface area (Å²) < 4.78 is 9.09. The fourth-order valence-electron chi connectivity index (χ4n) is 1.94. The second-order valence-electron chi connectivity index (χ2n) is 4.97. The van der Waals surface area contributed by atoms with E-state index in [9.17, 15) is 9.59 Å². The zero-order chi connectivity index (χ0) is 19.7. The zero-order valence-electron chi connectivity index (χ0n) is 14.1. The van der Waals surface area contributed by atoms with Crippen LogP contribution < -0.4 is 0 Å². The van der Waals surface area contributed by atoms with E-state index < -0.39 is 5.97 Å². The van der Waals surface area contributed by atoms with E-state index in [4.69, 9.17) is 28.3 Å². The Balaban J connectivity index is 0.000000260. The Morgan fingerprint density at radius 1 is 0.885 bits per heavy atom. The van der Waals surface area contributed by atoms with Crippen molar-refractivity contribution in [2.45, 2.75) is 11.9 Å². The lowest BCUT2D eigenvalue weighted by Gasteiger charge is -2.02. The van der Waals surface area contributed by atoms with Crippen LogP contribution in [-0.4, -0.2) is 31.3 Å². The van der Waals surface area contributed by atoms with Gasteiger partial charge in [0.1, 0.15) is 0 Å². The van der Waals surface area contributed by atoms with Crippen LogP contribution >= 0.6 is 39.1 Å². The normalized spacial score (nSPS) is 9.77. The maximum absolute atomic E-state index is 11.1. The number of rotatable bonds is 4. The van der Waals surface area contributed by atoms with E-state index in [1.165, 1.54) is 26.4 Å². The van der Waals surface area contributed by atoms with Crippen LogP contribution in [-0.2, 0) is 21.4 Å². The summed E-state index contributed by atoms with van der Waals surface area (Å²) in [7, 11) is 2.64. The second kappa shape index (κ2) is 11.2. The average Bonchev–Trinajstić information content (AvgIpc) is 2.65. The molecule has 0 radical (unpaired) electrons. The molecule has 2 aromatic rings. The van der Waals surface area contributed by atoms with Gasteiger partial charge < -0.3 is 14.6 Å². The van der Waals surface area contributed by atoms with Crippen molar-refractivity contribution in [3.63, 3.8) is 0 Å². The number of carbonyl (C=O) groups is 2. The largest absolute Gasteiger partial charge is 0.465 e. The van der Waals surface area contributed by atoms with Crippen LogP contribution in [0.4, 0.5) is 0 Å². The van der Waals surface area contributed by atoms with Crippen molar-refractivity contribution >= 4 is 51.1 Å². The van der Waals surface area contributed by atoms with Crippen molar-refractivity contribution < 1.29 is 24.2 Å². The number of methoxy groups -OCH3 is 2. The van der Waals surface area contributed by atoms with Crippen LogP contribution in [0.3, 0.4) is 0 Å². The molecule has 0 bridgehead atoms. The highest BCUT2D eigenvalue weighted by Crippen LogP contribution is 2.18. The summed E-state index contributed by atoms with van der Waals surface area (Å²) in [5.74, 6) is -0.832. The maximum atomic E-state index is 11.1.